The molecule has 4 nitrogen and oxygen atoms in total. The van der Waals surface area contributed by atoms with Gasteiger partial charge in [0, 0.05) is 67.0 Å². The van der Waals surface area contributed by atoms with E-state index in [2.05, 4.69) is 451 Å². The summed E-state index contributed by atoms with van der Waals surface area (Å²) in [6, 6.07) is 66.1. The van der Waals surface area contributed by atoms with Gasteiger partial charge in [-0.1, -0.05) is 136 Å². The summed E-state index contributed by atoms with van der Waals surface area (Å²) < 4.78 is 0. The molecule has 4 aliphatic rings. The van der Waals surface area contributed by atoms with Crippen molar-refractivity contribution < 1.29 is 0 Å². The molecular weight excluding hydrogens is 3220 g/mol. The third-order valence-corrected chi connectivity index (χ3v) is 1180. The fourth-order valence-corrected chi connectivity index (χ4v) is 2530. The molecule has 23 heteroatoms. The molecule has 1 N–H and O–H groups in total. The molecule has 12 rings (SSSR count). The second-order valence-corrected chi connectivity index (χ2v) is 415. The van der Waals surface area contributed by atoms with Gasteiger partial charge in [-0.05, 0) is 223 Å². The number of anilines is 9. The number of halogens is 19. The van der Waals surface area contributed by atoms with Crippen LogP contribution in [0.4, 0.5) is 51.2 Å². The molecule has 8 aromatic rings. The van der Waals surface area contributed by atoms with Crippen LogP contribution in [0.2, 0.25) is 5.02 Å². The molecule has 0 amide bonds. The Morgan fingerprint density at radius 1 is 0.366 bits per heavy atom. The van der Waals surface area contributed by atoms with Crippen LogP contribution in [-0.2, 0) is 10.8 Å². The summed E-state index contributed by atoms with van der Waals surface area (Å²) in [5.41, 5.74) is 22.2. The molecule has 0 bridgehead atoms. The third kappa shape index (κ3) is 20.3. The van der Waals surface area contributed by atoms with Gasteiger partial charge < -0.3 is 20.0 Å². The number of fused-ring (bicyclic) bond motifs is 6. The van der Waals surface area contributed by atoms with Gasteiger partial charge in [0.1, 0.15) is 0 Å². The minimum atomic E-state index is -0.427. The van der Waals surface area contributed by atoms with E-state index in [9.17, 15) is 0 Å². The Morgan fingerprint density at radius 3 is 1.12 bits per heavy atom. The number of para-hydroxylation sites is 2. The Kier molecular flexibility index (Phi) is 34.2. The molecular formula is C70H77ClI18N4. The fourth-order valence-electron chi connectivity index (χ4n) is 13.8. The van der Waals surface area contributed by atoms with Crippen molar-refractivity contribution in [1.29, 1.82) is 0 Å². The van der Waals surface area contributed by atoms with Crippen LogP contribution >= 0.6 is 261 Å². The van der Waals surface area contributed by atoms with E-state index in [0.717, 1.165) is 16.4 Å². The molecule has 2 aliphatic carbocycles. The van der Waals surface area contributed by atoms with Crippen LogP contribution in [0.3, 0.4) is 0 Å². The SMILES string of the molecule is Cc1cc(Cl)cc(N2c3ccccc3C3(C)CCCCC23C)c1.Cc1cccc(N(c2cccc(C)c2)c2cc(C)cc(N3c4ccccc4C4(C)CCCCC34C)c2)c1.Cc1cccc(Nc2cccc(C)c2)c1.II(I)I(I)I(I)I(I)I(I)I(I)I(I)I(I)I. The van der Waals surface area contributed by atoms with Crippen molar-refractivity contribution in [2.75, 3.05) is 20.0 Å². The van der Waals surface area contributed by atoms with Crippen molar-refractivity contribution >= 4 is 312 Å². The zero-order chi connectivity index (χ0) is 67.3. The summed E-state index contributed by atoms with van der Waals surface area (Å²) in [5.74, 6) is 0. The van der Waals surface area contributed by atoms with Crippen LogP contribution in [-0.4, -0.2) is 11.1 Å². The Balaban J connectivity index is 0.000000157. The topological polar surface area (TPSA) is 21.8 Å². The summed E-state index contributed by atoms with van der Waals surface area (Å²) in [6.07, 6.45) is 10.2. The zero-order valence-electron chi connectivity index (χ0n) is 53.0. The van der Waals surface area contributed by atoms with E-state index in [-0.39, 0.29) is 69.3 Å². The predicted molar refractivity (Wildman–Crippen MR) is 575 cm³/mol. The van der Waals surface area contributed by atoms with Gasteiger partial charge in [-0.2, -0.15) is 0 Å². The number of nitrogens with one attached hydrogen (secondary N) is 1. The number of hydrogen-bond donors (Lipinski definition) is 1. The van der Waals surface area contributed by atoms with Crippen LogP contribution < -0.4 is 20.0 Å². The average Bonchev–Trinajstić information content (AvgIpc) is 1.54. The molecule has 0 spiro atoms. The Bertz CT molecular complexity index is 3730. The van der Waals surface area contributed by atoms with Crippen LogP contribution in [0.25, 0.3) is 0 Å². The second-order valence-electron chi connectivity index (χ2n) is 24.5. The first-order valence-electron chi connectivity index (χ1n) is 29.9. The molecule has 2 fully saturated rings. The molecule has 0 radical (unpaired) electrons. The summed E-state index contributed by atoms with van der Waals surface area (Å²) >= 11 is 36.4. The Morgan fingerprint density at radius 2 is 0.720 bits per heavy atom. The average molecular weight is 3290 g/mol. The molecule has 93 heavy (non-hydrogen) atoms. The van der Waals surface area contributed by atoms with Crippen molar-refractivity contribution in [3.05, 3.63) is 232 Å². The van der Waals surface area contributed by atoms with E-state index in [1.165, 1.54) is 136 Å². The predicted octanol–water partition coefficient (Wildman–Crippen LogP) is 36.2. The molecule has 4 atom stereocenters. The monoisotopic (exact) mass is 3290 g/mol. The number of hydrogen-bond acceptors (Lipinski definition) is 4. The van der Waals surface area contributed by atoms with Gasteiger partial charge >= 0.3 is 249 Å². The van der Waals surface area contributed by atoms with Gasteiger partial charge in [0.25, 0.3) is 0 Å². The molecule has 0 aromatic heterocycles. The Labute approximate surface area is 688 Å². The van der Waals surface area contributed by atoms with Crippen molar-refractivity contribution in [2.24, 2.45) is 0 Å². The molecule has 2 saturated carbocycles. The molecule has 2 aliphatic heterocycles. The summed E-state index contributed by atoms with van der Waals surface area (Å²) in [7, 11) is -3.13. The van der Waals surface area contributed by atoms with E-state index in [0.29, 0.717) is 0 Å². The van der Waals surface area contributed by atoms with Crippen molar-refractivity contribution in [3.8, 4) is 0 Å². The van der Waals surface area contributed by atoms with Gasteiger partial charge in [-0.15, -0.1) is 0 Å². The standard InChI is InChI=1S/C35H38N2.C21H24ClN.C14H15N.I18/c1-25-12-10-14-28(20-25)36(29-15-11-13-26(2)21-29)30-22-27(3)23-31(24-30)37-33-17-7-6-16-32(33)34(4)18-8-9-19-35(34,37)5;1-15-12-16(22)14-17(13-15)23-19-9-5-4-8-18(19)20(2)10-6-7-11-21(20,23)3;1-11-5-3-7-13(9-11)15-14-8-4-6-12(2)10-14;1-11(2)13(5)15(7)17(9)18(10)16(8)14(6)12(3)4/h6-7,10-17,20-24H,8-9,18-19H2,1-5H3;4-5,8-9,12-14H,6-7,10-11H2,1-3H3;3-10,15H,1-2H3;. The molecule has 8 aromatic carbocycles. The first kappa shape index (κ1) is 83.4. The van der Waals surface area contributed by atoms with E-state index in [1.54, 1.807) is 0 Å². The number of aryl methyl sites for hydroxylation is 6. The van der Waals surface area contributed by atoms with Crippen molar-refractivity contribution in [1.82, 2.24) is 0 Å². The first-order chi connectivity index (χ1) is 44.1. The molecule has 4 unspecified atom stereocenters. The van der Waals surface area contributed by atoms with Gasteiger partial charge in [0.2, 0.25) is 0 Å². The summed E-state index contributed by atoms with van der Waals surface area (Å²) in [6.45, 7) is 22.8. The van der Waals surface area contributed by atoms with Gasteiger partial charge in [0.15, 0.2) is 0 Å². The molecule has 510 valence electrons. The van der Waals surface area contributed by atoms with E-state index in [1.807, 2.05) is 6.07 Å². The van der Waals surface area contributed by atoms with E-state index in [4.69, 9.17) is 11.6 Å². The van der Waals surface area contributed by atoms with Crippen LogP contribution in [0.5, 0.6) is 0 Å². The number of rotatable bonds is 14. The third-order valence-electron chi connectivity index (χ3n) is 18.3. The normalized spacial score (nSPS) is 21.2. The maximum atomic E-state index is 6.38. The first-order valence-corrected chi connectivity index (χ1v) is 137. The number of nitrogens with zero attached hydrogens (tertiary/aromatic N) is 3. The molecule has 2 heterocycles. The van der Waals surface area contributed by atoms with E-state index < -0.39 is 15.8 Å². The van der Waals surface area contributed by atoms with Crippen molar-refractivity contribution in [3.63, 3.8) is 0 Å². The quantitative estimate of drug-likeness (QED) is 0.110. The van der Waals surface area contributed by atoms with Crippen LogP contribution in [0.15, 0.2) is 182 Å². The van der Waals surface area contributed by atoms with Gasteiger partial charge in [0.05, 0.1) is 11.1 Å². The van der Waals surface area contributed by atoms with Gasteiger partial charge in [-0.25, -0.2) is 0 Å². The summed E-state index contributed by atoms with van der Waals surface area (Å²) in [5, 5.41) is 4.21. The zero-order valence-corrected chi connectivity index (χ0v) is 92.6. The van der Waals surface area contributed by atoms with Crippen LogP contribution in [0, 0.1) is 41.5 Å². The van der Waals surface area contributed by atoms with Gasteiger partial charge in [-0.3, -0.25) is 0 Å². The molecule has 0 saturated heterocycles. The van der Waals surface area contributed by atoms with Crippen LogP contribution in [0.1, 0.15) is 124 Å². The summed E-state index contributed by atoms with van der Waals surface area (Å²) in [4.78, 5) is 7.67. The number of benzene rings is 8. The Hall–Kier alpha value is 6.39. The minimum absolute atomic E-state index is 0.0531. The van der Waals surface area contributed by atoms with E-state index >= 15 is 0 Å². The van der Waals surface area contributed by atoms with Crippen molar-refractivity contribution in [2.45, 2.75) is 143 Å². The fraction of sp³-hybridized carbons (Fsp3) is 0.314. The maximum absolute atomic E-state index is 6.38. The second kappa shape index (κ2) is 38.2.